The molecular formula is C20H25NO2S. The lowest BCUT2D eigenvalue weighted by Gasteiger charge is -2.11. The van der Waals surface area contributed by atoms with Crippen LogP contribution in [0.3, 0.4) is 0 Å². The van der Waals surface area contributed by atoms with Crippen molar-refractivity contribution in [2.75, 3.05) is 18.1 Å². The second-order valence-electron chi connectivity index (χ2n) is 5.88. The number of nitrogens with one attached hydrogen (secondary N) is 1. The number of carbonyl (C=O) groups excluding carboxylic acids is 1. The maximum atomic E-state index is 11.9. The summed E-state index contributed by atoms with van der Waals surface area (Å²) < 4.78 is 5.84. The molecule has 0 heterocycles. The zero-order chi connectivity index (χ0) is 17.4. The lowest BCUT2D eigenvalue weighted by molar-refractivity contribution is -0.118. The minimum absolute atomic E-state index is 0.0626. The van der Waals surface area contributed by atoms with E-state index in [1.807, 2.05) is 44.2 Å². The van der Waals surface area contributed by atoms with Crippen molar-refractivity contribution in [1.29, 1.82) is 0 Å². The fourth-order valence-corrected chi connectivity index (χ4v) is 2.98. The summed E-state index contributed by atoms with van der Waals surface area (Å²) in [5.74, 6) is 2.28. The third-order valence-electron chi connectivity index (χ3n) is 3.73. The van der Waals surface area contributed by atoms with E-state index in [2.05, 4.69) is 24.4 Å². The Balaban J connectivity index is 1.62. The monoisotopic (exact) mass is 343 g/mol. The Morgan fingerprint density at radius 3 is 2.38 bits per heavy atom. The van der Waals surface area contributed by atoms with E-state index in [-0.39, 0.29) is 5.91 Å². The van der Waals surface area contributed by atoms with Crippen LogP contribution in [-0.2, 0) is 11.3 Å². The van der Waals surface area contributed by atoms with Crippen molar-refractivity contribution in [1.82, 2.24) is 5.32 Å². The number of rotatable bonds is 8. The summed E-state index contributed by atoms with van der Waals surface area (Å²) in [7, 11) is 0. The van der Waals surface area contributed by atoms with Crippen LogP contribution in [0.4, 0.5) is 0 Å². The molecule has 0 bridgehead atoms. The van der Waals surface area contributed by atoms with E-state index in [0.717, 1.165) is 28.2 Å². The van der Waals surface area contributed by atoms with Crippen molar-refractivity contribution in [3.05, 3.63) is 64.7 Å². The molecule has 0 fully saturated rings. The average Bonchev–Trinajstić information content (AvgIpc) is 2.56. The lowest BCUT2D eigenvalue weighted by Crippen LogP contribution is -2.25. The number of carbonyl (C=O) groups is 1. The molecule has 0 unspecified atom stereocenters. The van der Waals surface area contributed by atoms with Gasteiger partial charge in [0.25, 0.3) is 0 Å². The third-order valence-corrected chi connectivity index (χ3v) is 4.65. The number of hydrogen-bond donors (Lipinski definition) is 1. The molecule has 0 spiro atoms. The van der Waals surface area contributed by atoms with Gasteiger partial charge in [0.15, 0.2) is 0 Å². The molecule has 0 saturated carbocycles. The van der Waals surface area contributed by atoms with Crippen LogP contribution in [0.15, 0.2) is 42.5 Å². The molecule has 1 amide bonds. The van der Waals surface area contributed by atoms with E-state index in [1.165, 1.54) is 5.56 Å². The highest BCUT2D eigenvalue weighted by atomic mass is 32.2. The molecule has 1 N–H and O–H groups in total. The molecule has 0 aliphatic rings. The van der Waals surface area contributed by atoms with Crippen molar-refractivity contribution in [2.24, 2.45) is 0 Å². The zero-order valence-electron chi connectivity index (χ0n) is 14.6. The molecule has 4 heteroatoms. The Kier molecular flexibility index (Phi) is 7.19. The first-order valence-electron chi connectivity index (χ1n) is 8.15. The minimum Gasteiger partial charge on any atom is -0.492 e. The van der Waals surface area contributed by atoms with Crippen molar-refractivity contribution >= 4 is 17.7 Å². The van der Waals surface area contributed by atoms with Gasteiger partial charge >= 0.3 is 0 Å². The molecule has 2 aromatic carbocycles. The summed E-state index contributed by atoms with van der Waals surface area (Å²) in [5, 5.41) is 2.94. The average molecular weight is 343 g/mol. The van der Waals surface area contributed by atoms with Crippen LogP contribution in [0.5, 0.6) is 5.75 Å². The van der Waals surface area contributed by atoms with E-state index in [9.17, 15) is 4.79 Å². The first-order valence-corrected chi connectivity index (χ1v) is 9.31. The number of aryl methyl sites for hydroxylation is 3. The molecule has 24 heavy (non-hydrogen) atoms. The van der Waals surface area contributed by atoms with Gasteiger partial charge in [0.05, 0.1) is 12.4 Å². The van der Waals surface area contributed by atoms with Crippen LogP contribution in [0.1, 0.15) is 22.3 Å². The predicted octanol–water partition coefficient (Wildman–Crippen LogP) is 4.04. The molecule has 2 rings (SSSR count). The Bertz CT molecular complexity index is 648. The van der Waals surface area contributed by atoms with Crippen LogP contribution < -0.4 is 10.1 Å². The largest absolute Gasteiger partial charge is 0.492 e. The molecule has 2 aromatic rings. The molecule has 0 radical (unpaired) electrons. The summed E-state index contributed by atoms with van der Waals surface area (Å²) >= 11 is 1.59. The van der Waals surface area contributed by atoms with Gasteiger partial charge in [-0.2, -0.15) is 0 Å². The van der Waals surface area contributed by atoms with Gasteiger partial charge in [0.2, 0.25) is 5.91 Å². The smallest absolute Gasteiger partial charge is 0.230 e. The second kappa shape index (κ2) is 9.38. The van der Waals surface area contributed by atoms with Crippen LogP contribution in [0, 0.1) is 20.8 Å². The van der Waals surface area contributed by atoms with Crippen molar-refractivity contribution < 1.29 is 9.53 Å². The van der Waals surface area contributed by atoms with Crippen molar-refractivity contribution in [2.45, 2.75) is 27.3 Å². The number of para-hydroxylation sites is 1. The molecule has 0 aliphatic carbocycles. The van der Waals surface area contributed by atoms with E-state index in [1.54, 1.807) is 11.8 Å². The standard InChI is InChI=1S/C20H25NO2S/c1-15-7-9-18(10-8-15)13-21-19(22)14-24-12-11-23-20-16(2)5-4-6-17(20)3/h4-10H,11-14H2,1-3H3,(H,21,22). The summed E-state index contributed by atoms with van der Waals surface area (Å²) in [6.45, 7) is 7.35. The van der Waals surface area contributed by atoms with Crippen molar-refractivity contribution in [3.63, 3.8) is 0 Å². The third kappa shape index (κ3) is 5.93. The first-order chi connectivity index (χ1) is 11.6. The van der Waals surface area contributed by atoms with Gasteiger partial charge in [-0.1, -0.05) is 48.0 Å². The highest BCUT2D eigenvalue weighted by molar-refractivity contribution is 7.99. The van der Waals surface area contributed by atoms with E-state index in [4.69, 9.17) is 4.74 Å². The molecule has 0 saturated heterocycles. The van der Waals surface area contributed by atoms with Gasteiger partial charge in [-0.25, -0.2) is 0 Å². The number of amides is 1. The number of thioether (sulfide) groups is 1. The number of ether oxygens (including phenoxy) is 1. The van der Waals surface area contributed by atoms with Gasteiger partial charge in [-0.05, 0) is 37.5 Å². The Hall–Kier alpha value is -1.94. The predicted molar refractivity (Wildman–Crippen MR) is 102 cm³/mol. The topological polar surface area (TPSA) is 38.3 Å². The number of benzene rings is 2. The first kappa shape index (κ1) is 18.4. The highest BCUT2D eigenvalue weighted by Gasteiger charge is 2.04. The van der Waals surface area contributed by atoms with E-state index >= 15 is 0 Å². The van der Waals surface area contributed by atoms with Gasteiger partial charge in [-0.15, -0.1) is 11.8 Å². The molecule has 0 aromatic heterocycles. The maximum Gasteiger partial charge on any atom is 0.230 e. The molecule has 0 aliphatic heterocycles. The molecular weight excluding hydrogens is 318 g/mol. The van der Waals surface area contributed by atoms with E-state index < -0.39 is 0 Å². The van der Waals surface area contributed by atoms with Gasteiger partial charge in [0, 0.05) is 12.3 Å². The van der Waals surface area contributed by atoms with Crippen LogP contribution in [-0.4, -0.2) is 24.0 Å². The van der Waals surface area contributed by atoms with E-state index in [0.29, 0.717) is 18.9 Å². The summed E-state index contributed by atoms with van der Waals surface area (Å²) in [4.78, 5) is 11.9. The van der Waals surface area contributed by atoms with Gasteiger partial charge in [-0.3, -0.25) is 4.79 Å². The van der Waals surface area contributed by atoms with Gasteiger partial charge in [0.1, 0.15) is 5.75 Å². The fourth-order valence-electron chi connectivity index (χ4n) is 2.35. The number of hydrogen-bond acceptors (Lipinski definition) is 3. The Labute approximate surface area is 148 Å². The van der Waals surface area contributed by atoms with Crippen LogP contribution >= 0.6 is 11.8 Å². The quantitative estimate of drug-likeness (QED) is 0.735. The molecule has 3 nitrogen and oxygen atoms in total. The minimum atomic E-state index is 0.0626. The normalized spacial score (nSPS) is 10.5. The SMILES string of the molecule is Cc1ccc(CNC(=O)CSCCOc2c(C)cccc2C)cc1. The summed E-state index contributed by atoms with van der Waals surface area (Å²) in [5.41, 5.74) is 4.65. The molecule has 0 atom stereocenters. The fraction of sp³-hybridized carbons (Fsp3) is 0.350. The second-order valence-corrected chi connectivity index (χ2v) is 6.99. The van der Waals surface area contributed by atoms with Gasteiger partial charge < -0.3 is 10.1 Å². The molecule has 128 valence electrons. The van der Waals surface area contributed by atoms with Crippen molar-refractivity contribution in [3.8, 4) is 5.75 Å². The summed E-state index contributed by atoms with van der Waals surface area (Å²) in [6, 6.07) is 14.3. The Morgan fingerprint density at radius 2 is 1.71 bits per heavy atom. The lowest BCUT2D eigenvalue weighted by atomic mass is 10.1. The van der Waals surface area contributed by atoms with Crippen LogP contribution in [0.2, 0.25) is 0 Å². The Morgan fingerprint density at radius 1 is 1.04 bits per heavy atom. The maximum absolute atomic E-state index is 11.9. The zero-order valence-corrected chi connectivity index (χ0v) is 15.4. The highest BCUT2D eigenvalue weighted by Crippen LogP contribution is 2.22. The van der Waals surface area contributed by atoms with Crippen LogP contribution in [0.25, 0.3) is 0 Å². The summed E-state index contributed by atoms with van der Waals surface area (Å²) in [6.07, 6.45) is 0.